The lowest BCUT2D eigenvalue weighted by molar-refractivity contribution is 0.0669. The molecule has 0 aliphatic carbocycles. The van der Waals surface area contributed by atoms with E-state index in [0.29, 0.717) is 6.54 Å². The average Bonchev–Trinajstić information content (AvgIpc) is 3.39. The lowest BCUT2D eigenvalue weighted by Crippen LogP contribution is -2.42. The third kappa shape index (κ3) is 2.51. The van der Waals surface area contributed by atoms with Crippen LogP contribution >= 0.6 is 11.3 Å². The molecule has 6 heteroatoms. The number of fused-ring (bicyclic) bond motifs is 2. The van der Waals surface area contributed by atoms with E-state index >= 15 is 0 Å². The van der Waals surface area contributed by atoms with Crippen molar-refractivity contribution in [2.45, 2.75) is 19.5 Å². The van der Waals surface area contributed by atoms with Crippen LogP contribution in [-0.2, 0) is 13.6 Å². The Kier molecular flexibility index (Phi) is 3.68. The summed E-state index contributed by atoms with van der Waals surface area (Å²) in [5, 5.41) is 5.52. The summed E-state index contributed by atoms with van der Waals surface area (Å²) in [6, 6.07) is 16.4. The fourth-order valence-electron chi connectivity index (χ4n) is 4.04. The number of rotatable bonds is 2. The van der Waals surface area contributed by atoms with Crippen LogP contribution in [0.15, 0.2) is 54.7 Å². The summed E-state index contributed by atoms with van der Waals surface area (Å²) in [6.45, 7) is 3.51. The molecule has 4 heterocycles. The van der Waals surface area contributed by atoms with Crippen LogP contribution < -0.4 is 0 Å². The van der Waals surface area contributed by atoms with Crippen LogP contribution in [0, 0.1) is 6.92 Å². The highest BCUT2D eigenvalue weighted by Crippen LogP contribution is 2.35. The minimum Gasteiger partial charge on any atom is -0.348 e. The summed E-state index contributed by atoms with van der Waals surface area (Å²) in [5.74, 6) is 0.0944. The van der Waals surface area contributed by atoms with Gasteiger partial charge in [0, 0.05) is 37.4 Å². The van der Waals surface area contributed by atoms with Gasteiger partial charge in [0.1, 0.15) is 4.83 Å². The lowest BCUT2D eigenvalue weighted by atomic mass is 9.99. The van der Waals surface area contributed by atoms with E-state index in [4.69, 9.17) is 0 Å². The fourth-order valence-corrected chi connectivity index (χ4v) is 5.12. The zero-order chi connectivity index (χ0) is 18.5. The van der Waals surface area contributed by atoms with Crippen molar-refractivity contribution in [1.29, 1.82) is 0 Å². The summed E-state index contributed by atoms with van der Waals surface area (Å²) < 4.78 is 4.11. The van der Waals surface area contributed by atoms with Crippen molar-refractivity contribution in [3.8, 4) is 0 Å². The highest BCUT2D eigenvalue weighted by molar-refractivity contribution is 7.20. The summed E-state index contributed by atoms with van der Waals surface area (Å²) in [4.78, 5) is 17.3. The smallest absolute Gasteiger partial charge is 0.264 e. The molecule has 5 nitrogen and oxygen atoms in total. The van der Waals surface area contributed by atoms with Gasteiger partial charge >= 0.3 is 0 Å². The first-order valence-electron chi connectivity index (χ1n) is 9.07. The summed E-state index contributed by atoms with van der Waals surface area (Å²) >= 11 is 1.53. The Bertz CT molecular complexity index is 1100. The quantitative estimate of drug-likeness (QED) is 0.531. The Balaban J connectivity index is 1.59. The monoisotopic (exact) mass is 376 g/mol. The molecule has 1 aromatic carbocycles. The standard InChI is InChI=1S/C21H20N4OS/c1-14-16-13-18(27-21(16)23(2)22-14)20(26)25-12-11-24-10-6-9-17(24)19(25)15-7-4-3-5-8-15/h3-10,13,19H,11-12H2,1-2H3. The average molecular weight is 376 g/mol. The number of carbonyl (C=O) groups excluding carboxylic acids is 1. The van der Waals surface area contributed by atoms with E-state index < -0.39 is 0 Å². The number of amides is 1. The second-order valence-electron chi connectivity index (χ2n) is 6.98. The van der Waals surface area contributed by atoms with Gasteiger partial charge in [-0.05, 0) is 30.7 Å². The molecule has 3 aromatic heterocycles. The molecular formula is C21H20N4OS. The van der Waals surface area contributed by atoms with Crippen molar-refractivity contribution >= 4 is 27.5 Å². The van der Waals surface area contributed by atoms with Crippen molar-refractivity contribution in [1.82, 2.24) is 19.2 Å². The number of nitrogens with zero attached hydrogens (tertiary/aromatic N) is 4. The van der Waals surface area contributed by atoms with Gasteiger partial charge in [0.05, 0.1) is 16.6 Å². The Hall–Kier alpha value is -2.86. The summed E-state index contributed by atoms with van der Waals surface area (Å²) in [5.41, 5.74) is 3.28. The maximum Gasteiger partial charge on any atom is 0.264 e. The van der Waals surface area contributed by atoms with Crippen molar-refractivity contribution in [3.05, 3.63) is 76.6 Å². The molecule has 0 spiro atoms. The van der Waals surface area contributed by atoms with Crippen molar-refractivity contribution < 1.29 is 4.79 Å². The van der Waals surface area contributed by atoms with Crippen LogP contribution in [0.5, 0.6) is 0 Å². The third-order valence-corrected chi connectivity index (χ3v) is 6.51. The SMILES string of the molecule is Cc1nn(C)c2sc(C(=O)N3CCn4cccc4C3c3ccccc3)cc12. The number of aryl methyl sites for hydroxylation is 2. The second-order valence-corrected chi connectivity index (χ2v) is 8.01. The molecule has 1 atom stereocenters. The van der Waals surface area contributed by atoms with Gasteiger partial charge < -0.3 is 9.47 Å². The highest BCUT2D eigenvalue weighted by atomic mass is 32.1. The van der Waals surface area contributed by atoms with Gasteiger partial charge in [-0.1, -0.05) is 30.3 Å². The molecule has 1 aliphatic rings. The molecule has 1 aliphatic heterocycles. The Morgan fingerprint density at radius 2 is 1.96 bits per heavy atom. The number of hydrogen-bond donors (Lipinski definition) is 0. The van der Waals surface area contributed by atoms with Crippen LogP contribution in [0.3, 0.4) is 0 Å². The Labute approximate surface area is 161 Å². The van der Waals surface area contributed by atoms with Crippen LogP contribution in [0.1, 0.15) is 32.7 Å². The second kappa shape index (κ2) is 6.09. The molecule has 0 N–H and O–H groups in total. The van der Waals surface area contributed by atoms with Crippen LogP contribution in [0.25, 0.3) is 10.2 Å². The molecule has 1 unspecified atom stereocenters. The molecule has 1 amide bonds. The van der Waals surface area contributed by atoms with Gasteiger partial charge in [-0.2, -0.15) is 5.10 Å². The van der Waals surface area contributed by atoms with E-state index in [-0.39, 0.29) is 11.9 Å². The lowest BCUT2D eigenvalue weighted by Gasteiger charge is -2.37. The van der Waals surface area contributed by atoms with Crippen molar-refractivity contribution in [3.63, 3.8) is 0 Å². The first kappa shape index (κ1) is 16.3. The Morgan fingerprint density at radius 1 is 1.15 bits per heavy atom. The van der Waals surface area contributed by atoms with Gasteiger partial charge in [-0.25, -0.2) is 0 Å². The molecule has 27 heavy (non-hydrogen) atoms. The molecule has 0 fully saturated rings. The highest BCUT2D eigenvalue weighted by Gasteiger charge is 2.33. The van der Waals surface area contributed by atoms with E-state index in [1.54, 1.807) is 0 Å². The molecule has 0 saturated heterocycles. The molecule has 0 bridgehead atoms. The van der Waals surface area contributed by atoms with Gasteiger partial charge in [0.2, 0.25) is 0 Å². The van der Waals surface area contributed by atoms with Gasteiger partial charge in [-0.15, -0.1) is 11.3 Å². The predicted octanol–water partition coefficient (Wildman–Crippen LogP) is 3.99. The minimum absolute atomic E-state index is 0.0631. The van der Waals surface area contributed by atoms with Crippen LogP contribution in [0.4, 0.5) is 0 Å². The van der Waals surface area contributed by atoms with Crippen LogP contribution in [0.2, 0.25) is 0 Å². The van der Waals surface area contributed by atoms with Crippen molar-refractivity contribution in [2.75, 3.05) is 6.54 Å². The normalized spacial score (nSPS) is 16.7. The van der Waals surface area contributed by atoms with E-state index in [1.165, 1.54) is 17.0 Å². The number of benzene rings is 1. The maximum absolute atomic E-state index is 13.5. The van der Waals surface area contributed by atoms with E-state index in [0.717, 1.165) is 32.9 Å². The topological polar surface area (TPSA) is 43.1 Å². The molecule has 136 valence electrons. The molecule has 5 rings (SSSR count). The fraction of sp³-hybridized carbons (Fsp3) is 0.238. The Morgan fingerprint density at radius 3 is 2.74 bits per heavy atom. The van der Waals surface area contributed by atoms with E-state index in [9.17, 15) is 4.79 Å². The van der Waals surface area contributed by atoms with Crippen molar-refractivity contribution in [2.24, 2.45) is 7.05 Å². The largest absolute Gasteiger partial charge is 0.348 e. The first-order chi connectivity index (χ1) is 13.1. The van der Waals surface area contributed by atoms with Gasteiger partial charge in [0.15, 0.2) is 0 Å². The third-order valence-electron chi connectivity index (χ3n) is 5.32. The number of aromatic nitrogens is 3. The molecule has 0 radical (unpaired) electrons. The predicted molar refractivity (Wildman–Crippen MR) is 107 cm³/mol. The van der Waals surface area contributed by atoms with Gasteiger partial charge in [-0.3, -0.25) is 9.48 Å². The van der Waals surface area contributed by atoms with Gasteiger partial charge in [0.25, 0.3) is 5.91 Å². The maximum atomic E-state index is 13.5. The number of thiophene rings is 1. The number of carbonyl (C=O) groups is 1. The summed E-state index contributed by atoms with van der Waals surface area (Å²) in [6.07, 6.45) is 2.10. The zero-order valence-electron chi connectivity index (χ0n) is 15.3. The zero-order valence-corrected chi connectivity index (χ0v) is 16.1. The summed E-state index contributed by atoms with van der Waals surface area (Å²) in [7, 11) is 1.93. The number of hydrogen-bond acceptors (Lipinski definition) is 3. The van der Waals surface area contributed by atoms with E-state index in [1.807, 2.05) is 47.8 Å². The molecular weight excluding hydrogens is 356 g/mol. The molecule has 0 saturated carbocycles. The first-order valence-corrected chi connectivity index (χ1v) is 9.89. The molecule has 4 aromatic rings. The van der Waals surface area contributed by atoms with Crippen LogP contribution in [-0.4, -0.2) is 31.7 Å². The van der Waals surface area contributed by atoms with E-state index in [2.05, 4.69) is 40.1 Å². The minimum atomic E-state index is -0.0631.